The molecule has 0 aromatic carbocycles. The zero-order valence-corrected chi connectivity index (χ0v) is 5.18. The Morgan fingerprint density at radius 2 is 2.50 bits per heavy atom. The first kappa shape index (κ1) is 8.03. The zero-order valence-electron chi connectivity index (χ0n) is 4.36. The second-order valence-electron chi connectivity index (χ2n) is 1.29. The Balaban J connectivity index is 3.24. The first-order valence-corrected chi connectivity index (χ1v) is 3.04. The highest BCUT2D eigenvalue weighted by Crippen LogP contribution is 1.88. The lowest BCUT2D eigenvalue weighted by Crippen LogP contribution is -2.13. The van der Waals surface area contributed by atoms with Gasteiger partial charge in [-0.3, -0.25) is 4.18 Å². The van der Waals surface area contributed by atoms with Gasteiger partial charge in [0.25, 0.3) is 0 Å². The predicted molar refractivity (Wildman–Crippen MR) is 26.6 cm³/mol. The van der Waals surface area contributed by atoms with Gasteiger partial charge in [0.05, 0.1) is 24.1 Å². The van der Waals surface area contributed by atoms with Gasteiger partial charge >= 0.3 is 0 Å². The normalized spacial score (nSPS) is 17.9. The summed E-state index contributed by atoms with van der Waals surface area (Å²) < 4.78 is 23.3. The first-order chi connectivity index (χ1) is 3.66. The number of aliphatic hydroxyl groups is 1. The maximum atomic E-state index is 9.64. The molecule has 0 fully saturated rings. The van der Waals surface area contributed by atoms with Gasteiger partial charge in [-0.15, -0.1) is 0 Å². The molecule has 1 N–H and O–H groups in total. The molecule has 4 nitrogen and oxygen atoms in total. The third-order valence-corrected chi connectivity index (χ3v) is 0.986. The van der Waals surface area contributed by atoms with Crippen LogP contribution in [-0.4, -0.2) is 26.6 Å². The summed E-state index contributed by atoms with van der Waals surface area (Å²) in [4.78, 5) is 0. The van der Waals surface area contributed by atoms with Crippen molar-refractivity contribution < 1.29 is 18.1 Å². The third-order valence-electron chi connectivity index (χ3n) is 0.500. The summed E-state index contributed by atoms with van der Waals surface area (Å²) in [6.45, 7) is 1.17. The van der Waals surface area contributed by atoms with Crippen LogP contribution in [0.4, 0.5) is 0 Å². The molecule has 0 radical (unpaired) electrons. The largest absolute Gasteiger partial charge is 0.750 e. The summed E-state index contributed by atoms with van der Waals surface area (Å²) in [6.07, 6.45) is -0.631. The topological polar surface area (TPSA) is 69.6 Å². The number of rotatable bonds is 3. The number of hydrogen-bond donors (Lipinski definition) is 1. The van der Waals surface area contributed by atoms with E-state index in [4.69, 9.17) is 5.11 Å². The molecule has 0 rings (SSSR count). The van der Waals surface area contributed by atoms with Crippen LogP contribution in [-0.2, 0) is 15.5 Å². The van der Waals surface area contributed by atoms with E-state index in [1.165, 1.54) is 6.92 Å². The van der Waals surface area contributed by atoms with Crippen LogP contribution >= 0.6 is 0 Å². The Bertz CT molecular complexity index is 83.4. The van der Waals surface area contributed by atoms with E-state index in [2.05, 4.69) is 4.18 Å². The molecule has 0 bridgehead atoms. The fourth-order valence-electron chi connectivity index (χ4n) is 0.165. The molecule has 0 aliphatic heterocycles. The lowest BCUT2D eigenvalue weighted by atomic mass is 10.5. The minimum Gasteiger partial charge on any atom is -0.750 e. The molecular formula is C3H7O4S-. The minimum atomic E-state index is -2.51. The van der Waals surface area contributed by atoms with Gasteiger partial charge in [0.1, 0.15) is 0 Å². The van der Waals surface area contributed by atoms with E-state index in [1.54, 1.807) is 0 Å². The summed E-state index contributed by atoms with van der Waals surface area (Å²) in [6, 6.07) is 0. The third kappa shape index (κ3) is 4.20. The summed E-state index contributed by atoms with van der Waals surface area (Å²) >= 11 is -2.51. The SMILES string of the molecule is CC(CO)OS(=O)[O-]. The van der Waals surface area contributed by atoms with Crippen LogP contribution in [0.1, 0.15) is 6.92 Å². The maximum absolute atomic E-state index is 9.64. The standard InChI is InChI=1S/C3H8O4S/c1-3(2-4)7-8(5)6/h3-4H,2H2,1H3,(H,5,6)/p-1. The first-order valence-electron chi connectivity index (χ1n) is 2.04. The highest BCUT2D eigenvalue weighted by molar-refractivity contribution is 7.74. The fourth-order valence-corrected chi connectivity index (χ4v) is 0.494. The smallest absolute Gasteiger partial charge is 0.0939 e. The van der Waals surface area contributed by atoms with Gasteiger partial charge in [-0.1, -0.05) is 0 Å². The molecule has 0 spiro atoms. The Hall–Kier alpha value is 0.0300. The quantitative estimate of drug-likeness (QED) is 0.518. The summed E-state index contributed by atoms with van der Waals surface area (Å²) in [5.41, 5.74) is 0. The van der Waals surface area contributed by atoms with Crippen LogP contribution in [0.2, 0.25) is 0 Å². The van der Waals surface area contributed by atoms with Crippen LogP contribution in [0.25, 0.3) is 0 Å². The van der Waals surface area contributed by atoms with E-state index in [0.717, 1.165) is 0 Å². The van der Waals surface area contributed by atoms with Crippen molar-refractivity contribution in [2.45, 2.75) is 13.0 Å². The van der Waals surface area contributed by atoms with Crippen molar-refractivity contribution in [3.8, 4) is 0 Å². The molecule has 0 aromatic heterocycles. The second kappa shape index (κ2) is 3.96. The van der Waals surface area contributed by atoms with Crippen molar-refractivity contribution in [1.82, 2.24) is 0 Å². The molecule has 5 heteroatoms. The molecule has 2 unspecified atom stereocenters. The molecule has 8 heavy (non-hydrogen) atoms. The van der Waals surface area contributed by atoms with Gasteiger partial charge in [0, 0.05) is 0 Å². The molecule has 0 saturated heterocycles. The van der Waals surface area contributed by atoms with Crippen molar-refractivity contribution >= 4 is 11.4 Å². The van der Waals surface area contributed by atoms with Crippen LogP contribution in [0.15, 0.2) is 0 Å². The molecule has 0 heterocycles. The van der Waals surface area contributed by atoms with Crippen LogP contribution in [0, 0.1) is 0 Å². The number of hydrogen-bond acceptors (Lipinski definition) is 4. The summed E-state index contributed by atoms with van der Waals surface area (Å²) in [7, 11) is 0. The zero-order chi connectivity index (χ0) is 6.57. The van der Waals surface area contributed by atoms with Crippen molar-refractivity contribution in [3.63, 3.8) is 0 Å². The van der Waals surface area contributed by atoms with E-state index in [9.17, 15) is 8.76 Å². The van der Waals surface area contributed by atoms with E-state index in [-0.39, 0.29) is 6.61 Å². The fraction of sp³-hybridized carbons (Fsp3) is 1.00. The molecule has 50 valence electrons. The van der Waals surface area contributed by atoms with E-state index < -0.39 is 17.5 Å². The van der Waals surface area contributed by atoms with E-state index in [1.807, 2.05) is 0 Å². The molecule has 0 saturated carbocycles. The lowest BCUT2D eigenvalue weighted by Gasteiger charge is -2.09. The van der Waals surface area contributed by atoms with Crippen molar-refractivity contribution in [3.05, 3.63) is 0 Å². The van der Waals surface area contributed by atoms with Gasteiger partial charge < -0.3 is 9.66 Å². The molecule has 0 aromatic rings. The number of aliphatic hydroxyl groups excluding tert-OH is 1. The summed E-state index contributed by atoms with van der Waals surface area (Å²) in [5, 5.41) is 8.19. The van der Waals surface area contributed by atoms with Crippen molar-refractivity contribution in [2.24, 2.45) is 0 Å². The van der Waals surface area contributed by atoms with E-state index >= 15 is 0 Å². The van der Waals surface area contributed by atoms with Crippen molar-refractivity contribution in [1.29, 1.82) is 0 Å². The Kier molecular flexibility index (Phi) is 3.98. The second-order valence-corrected chi connectivity index (χ2v) is 1.89. The van der Waals surface area contributed by atoms with E-state index in [0.29, 0.717) is 0 Å². The highest BCUT2D eigenvalue weighted by atomic mass is 32.2. The average molecular weight is 139 g/mol. The average Bonchev–Trinajstić information content (AvgIpc) is 1.65. The summed E-state index contributed by atoms with van der Waals surface area (Å²) in [5.74, 6) is 0. The van der Waals surface area contributed by atoms with Gasteiger partial charge in [-0.2, -0.15) is 0 Å². The maximum Gasteiger partial charge on any atom is 0.0939 e. The molecule has 0 amide bonds. The Morgan fingerprint density at radius 3 is 2.62 bits per heavy atom. The van der Waals surface area contributed by atoms with Crippen molar-refractivity contribution in [2.75, 3.05) is 6.61 Å². The highest BCUT2D eigenvalue weighted by Gasteiger charge is 1.96. The Morgan fingerprint density at radius 1 is 2.00 bits per heavy atom. The van der Waals surface area contributed by atoms with Gasteiger partial charge in [0.15, 0.2) is 0 Å². The van der Waals surface area contributed by atoms with Gasteiger partial charge in [0.2, 0.25) is 0 Å². The molecule has 0 aliphatic rings. The monoisotopic (exact) mass is 139 g/mol. The molecule has 2 atom stereocenters. The minimum absolute atomic E-state index is 0.284. The van der Waals surface area contributed by atoms with Crippen LogP contribution in [0.3, 0.4) is 0 Å². The van der Waals surface area contributed by atoms with Crippen LogP contribution in [0.5, 0.6) is 0 Å². The Labute approximate surface area is 50.0 Å². The predicted octanol–water partition coefficient (Wildman–Crippen LogP) is -0.822. The molecule has 0 aliphatic carbocycles. The molecular weight excluding hydrogens is 132 g/mol. The van der Waals surface area contributed by atoms with Gasteiger partial charge in [-0.25, -0.2) is 4.21 Å². The van der Waals surface area contributed by atoms with Gasteiger partial charge in [-0.05, 0) is 6.92 Å². The lowest BCUT2D eigenvalue weighted by molar-refractivity contribution is 0.131. The van der Waals surface area contributed by atoms with Crippen LogP contribution < -0.4 is 0 Å².